The Kier molecular flexibility index (Phi) is 6.47. The van der Waals surface area contributed by atoms with Crippen molar-refractivity contribution in [3.05, 3.63) is 42.0 Å². The maximum Gasteiger partial charge on any atom is 0.414 e. The quantitative estimate of drug-likeness (QED) is 0.723. The number of nitrogens with one attached hydrogen (secondary N) is 1. The summed E-state index contributed by atoms with van der Waals surface area (Å²) in [6, 6.07) is 4.46. The van der Waals surface area contributed by atoms with E-state index in [-0.39, 0.29) is 31.0 Å². The molecule has 2 atom stereocenters. The fraction of sp³-hybridized carbons (Fsp3) is 0.476. The van der Waals surface area contributed by atoms with E-state index in [1.165, 1.54) is 22.6 Å². The van der Waals surface area contributed by atoms with E-state index in [9.17, 15) is 14.0 Å². The van der Waals surface area contributed by atoms with Gasteiger partial charge in [0.2, 0.25) is 5.91 Å². The maximum atomic E-state index is 14.8. The van der Waals surface area contributed by atoms with Crippen molar-refractivity contribution in [3.8, 4) is 5.69 Å². The van der Waals surface area contributed by atoms with E-state index in [4.69, 9.17) is 14.2 Å². The summed E-state index contributed by atoms with van der Waals surface area (Å²) in [7, 11) is 0. The molecule has 3 heterocycles. The predicted octanol–water partition coefficient (Wildman–Crippen LogP) is 2.52. The number of cyclic esters (lactones) is 1. The highest BCUT2D eigenvalue weighted by atomic mass is 19.1. The third-order valence-electron chi connectivity index (χ3n) is 5.15. The highest BCUT2D eigenvalue weighted by molar-refractivity contribution is 5.90. The summed E-state index contributed by atoms with van der Waals surface area (Å²) >= 11 is 0. The van der Waals surface area contributed by atoms with Crippen molar-refractivity contribution in [3.63, 3.8) is 0 Å². The molecule has 4 rings (SSSR count). The van der Waals surface area contributed by atoms with Crippen LogP contribution in [0.3, 0.4) is 0 Å². The molecule has 0 bridgehead atoms. The molecule has 1 aromatic heterocycles. The Balaban J connectivity index is 1.39. The first-order chi connectivity index (χ1) is 15.0. The van der Waals surface area contributed by atoms with E-state index in [2.05, 4.69) is 10.4 Å². The van der Waals surface area contributed by atoms with Gasteiger partial charge in [0.15, 0.2) is 12.1 Å². The Morgan fingerprint density at radius 1 is 1.39 bits per heavy atom. The van der Waals surface area contributed by atoms with Crippen LogP contribution in [-0.2, 0) is 25.6 Å². The second-order valence-corrected chi connectivity index (χ2v) is 7.59. The number of hydrogen-bond acceptors (Lipinski definition) is 6. The number of rotatable bonds is 7. The second-order valence-electron chi connectivity index (χ2n) is 7.59. The van der Waals surface area contributed by atoms with Crippen molar-refractivity contribution in [2.45, 2.75) is 45.2 Å². The SMILES string of the molecule is CC(=O)NC[C@H]1CN(c2ccc(-n3cc(COC4CCCCO4)cn3)c(F)c2)C(=O)O1. The number of carbonyl (C=O) groups excluding carboxylic acids is 2. The highest BCUT2D eigenvalue weighted by Gasteiger charge is 2.32. The molecule has 2 aliphatic rings. The zero-order valence-electron chi connectivity index (χ0n) is 17.3. The van der Waals surface area contributed by atoms with Gasteiger partial charge in [0, 0.05) is 25.3 Å². The molecule has 1 N–H and O–H groups in total. The van der Waals surface area contributed by atoms with Gasteiger partial charge in [-0.05, 0) is 37.5 Å². The van der Waals surface area contributed by atoms with Crippen LogP contribution < -0.4 is 10.2 Å². The van der Waals surface area contributed by atoms with Crippen LogP contribution in [0.5, 0.6) is 0 Å². The molecule has 2 aromatic rings. The van der Waals surface area contributed by atoms with Crippen molar-refractivity contribution >= 4 is 17.7 Å². The van der Waals surface area contributed by atoms with Gasteiger partial charge >= 0.3 is 6.09 Å². The molecule has 2 aliphatic heterocycles. The first-order valence-electron chi connectivity index (χ1n) is 10.3. The number of aromatic nitrogens is 2. The number of carbonyl (C=O) groups is 2. The summed E-state index contributed by atoms with van der Waals surface area (Å²) in [4.78, 5) is 24.5. The Morgan fingerprint density at radius 2 is 2.26 bits per heavy atom. The first kappa shape index (κ1) is 21.3. The summed E-state index contributed by atoms with van der Waals surface area (Å²) in [6.45, 7) is 2.87. The highest BCUT2D eigenvalue weighted by Crippen LogP contribution is 2.25. The molecular weight excluding hydrogens is 407 g/mol. The molecule has 1 aromatic carbocycles. The number of ether oxygens (including phenoxy) is 3. The summed E-state index contributed by atoms with van der Waals surface area (Å²) in [5.41, 5.74) is 1.44. The minimum absolute atomic E-state index is 0.206. The van der Waals surface area contributed by atoms with Crippen molar-refractivity contribution in [1.82, 2.24) is 15.1 Å². The molecule has 9 nitrogen and oxygen atoms in total. The predicted molar refractivity (Wildman–Crippen MR) is 108 cm³/mol. The van der Waals surface area contributed by atoms with Crippen molar-refractivity contribution in [1.29, 1.82) is 0 Å². The summed E-state index contributed by atoms with van der Waals surface area (Å²) in [5, 5.41) is 6.83. The molecule has 0 aliphatic carbocycles. The molecule has 31 heavy (non-hydrogen) atoms. The Bertz CT molecular complexity index is 944. The molecule has 10 heteroatoms. The van der Waals surface area contributed by atoms with E-state index in [0.29, 0.717) is 18.9 Å². The first-order valence-corrected chi connectivity index (χ1v) is 10.3. The third-order valence-corrected chi connectivity index (χ3v) is 5.15. The zero-order valence-corrected chi connectivity index (χ0v) is 17.3. The lowest BCUT2D eigenvalue weighted by molar-refractivity contribution is -0.168. The standard InChI is InChI=1S/C21H25FN4O5/c1-14(27)23-10-17-12-25(21(28)31-17)16-5-6-19(18(22)8-16)26-11-15(9-24-26)13-30-20-4-2-3-7-29-20/h5-6,8-9,11,17,20H,2-4,7,10,12-13H2,1H3,(H,23,27)/t17-,20?/m0/s1. The fourth-order valence-corrected chi connectivity index (χ4v) is 3.54. The van der Waals surface area contributed by atoms with Gasteiger partial charge < -0.3 is 19.5 Å². The lowest BCUT2D eigenvalue weighted by atomic mass is 10.2. The lowest BCUT2D eigenvalue weighted by Crippen LogP contribution is -2.33. The van der Waals surface area contributed by atoms with Gasteiger partial charge in [-0.2, -0.15) is 5.10 Å². The van der Waals surface area contributed by atoms with Gasteiger partial charge in [0.1, 0.15) is 11.8 Å². The number of nitrogens with zero attached hydrogens (tertiary/aromatic N) is 3. The smallest absolute Gasteiger partial charge is 0.414 e. The molecule has 0 spiro atoms. The van der Waals surface area contributed by atoms with Gasteiger partial charge in [-0.1, -0.05) is 0 Å². The minimum Gasteiger partial charge on any atom is -0.442 e. The van der Waals surface area contributed by atoms with Crippen molar-refractivity contribution < 1.29 is 28.2 Å². The van der Waals surface area contributed by atoms with Crippen LogP contribution in [0.4, 0.5) is 14.9 Å². The van der Waals surface area contributed by atoms with Crippen LogP contribution in [0.25, 0.3) is 5.69 Å². The molecule has 0 saturated carbocycles. The van der Waals surface area contributed by atoms with E-state index >= 15 is 0 Å². The molecular formula is C21H25FN4O5. The maximum absolute atomic E-state index is 14.8. The monoisotopic (exact) mass is 432 g/mol. The van der Waals surface area contributed by atoms with E-state index in [1.807, 2.05) is 0 Å². The van der Waals surface area contributed by atoms with Gasteiger partial charge in [-0.15, -0.1) is 0 Å². The van der Waals surface area contributed by atoms with Gasteiger partial charge in [0.25, 0.3) is 0 Å². The van der Waals surface area contributed by atoms with Crippen LogP contribution in [0.1, 0.15) is 31.7 Å². The van der Waals surface area contributed by atoms with Crippen LogP contribution >= 0.6 is 0 Å². The largest absolute Gasteiger partial charge is 0.442 e. The van der Waals surface area contributed by atoms with E-state index < -0.39 is 18.0 Å². The van der Waals surface area contributed by atoms with Crippen LogP contribution in [0.15, 0.2) is 30.6 Å². The van der Waals surface area contributed by atoms with Crippen LogP contribution in [0.2, 0.25) is 0 Å². The van der Waals surface area contributed by atoms with Gasteiger partial charge in [0.05, 0.1) is 31.6 Å². The van der Waals surface area contributed by atoms with Gasteiger partial charge in [-0.3, -0.25) is 9.69 Å². The average Bonchev–Trinajstić information content (AvgIpc) is 3.38. The van der Waals surface area contributed by atoms with Crippen molar-refractivity contribution in [2.75, 3.05) is 24.6 Å². The fourth-order valence-electron chi connectivity index (χ4n) is 3.54. The third kappa shape index (κ3) is 5.20. The summed E-state index contributed by atoms with van der Waals surface area (Å²) < 4.78 is 32.7. The lowest BCUT2D eigenvalue weighted by Gasteiger charge is -2.22. The van der Waals surface area contributed by atoms with E-state index in [0.717, 1.165) is 24.8 Å². The number of halogens is 1. The molecule has 2 saturated heterocycles. The van der Waals surface area contributed by atoms with Crippen LogP contribution in [-0.4, -0.2) is 53.9 Å². The molecule has 2 amide bonds. The number of benzene rings is 1. The normalized spacial score (nSPS) is 21.2. The second kappa shape index (κ2) is 9.44. The van der Waals surface area contributed by atoms with E-state index in [1.54, 1.807) is 24.5 Å². The minimum atomic E-state index is -0.578. The molecule has 0 radical (unpaired) electrons. The Hall–Kier alpha value is -2.98. The summed E-state index contributed by atoms with van der Waals surface area (Å²) in [6.07, 6.45) is 5.07. The zero-order chi connectivity index (χ0) is 21.8. The number of amides is 2. The number of hydrogen-bond donors (Lipinski definition) is 1. The van der Waals surface area contributed by atoms with Crippen LogP contribution in [0, 0.1) is 5.82 Å². The topological polar surface area (TPSA) is 94.9 Å². The van der Waals surface area contributed by atoms with Crippen molar-refractivity contribution in [2.24, 2.45) is 0 Å². The Morgan fingerprint density at radius 3 is 3.00 bits per heavy atom. The molecule has 166 valence electrons. The molecule has 1 unspecified atom stereocenters. The summed E-state index contributed by atoms with van der Waals surface area (Å²) in [5.74, 6) is -0.734. The number of anilines is 1. The van der Waals surface area contributed by atoms with Gasteiger partial charge in [-0.25, -0.2) is 13.9 Å². The average molecular weight is 432 g/mol. The molecule has 2 fully saturated rings. The Labute approximate surface area is 179 Å².